The zero-order valence-electron chi connectivity index (χ0n) is 18.8. The van der Waals surface area contributed by atoms with E-state index in [0.717, 1.165) is 0 Å². The molecule has 182 valence electrons. The average Bonchev–Trinajstić information content (AvgIpc) is 2.86. The Bertz CT molecular complexity index is 1070. The normalized spacial score (nSPS) is 10.6. The molecule has 0 N–H and O–H groups in total. The molecule has 0 spiro atoms. The summed E-state index contributed by atoms with van der Waals surface area (Å²) in [6.45, 7) is 0. The third-order valence-electron chi connectivity index (χ3n) is 4.19. The molecule has 0 aliphatic carbocycles. The summed E-state index contributed by atoms with van der Waals surface area (Å²) in [6.07, 6.45) is 0. The summed E-state index contributed by atoms with van der Waals surface area (Å²) in [5, 5.41) is 0. The van der Waals surface area contributed by atoms with Gasteiger partial charge in [0.2, 0.25) is 0 Å². The van der Waals surface area contributed by atoms with Crippen molar-refractivity contribution in [3.05, 3.63) is 121 Å². The van der Waals surface area contributed by atoms with E-state index >= 15 is 0 Å². The molecule has 4 aromatic carbocycles. The van der Waals surface area contributed by atoms with Gasteiger partial charge in [-0.1, -0.05) is 0 Å². The van der Waals surface area contributed by atoms with E-state index in [0.29, 0.717) is 0 Å². The molecule has 0 saturated carbocycles. The summed E-state index contributed by atoms with van der Waals surface area (Å²) in [6, 6.07) is 43.2. The molecule has 0 heterocycles. The van der Waals surface area contributed by atoms with Gasteiger partial charge in [0, 0.05) is 0 Å². The molecule has 4 rings (SSSR count). The molecule has 0 atom stereocenters. The molecular weight excluding hydrogens is 731 g/mol. The molecule has 0 aromatic heterocycles. The van der Waals surface area contributed by atoms with Crippen LogP contribution in [0.5, 0.6) is 0 Å². The molecule has 0 amide bonds. The minimum atomic E-state index is -5.50. The Morgan fingerprint density at radius 3 is 0.806 bits per heavy atom. The fourth-order valence-electron chi connectivity index (χ4n) is 2.59. The first kappa shape index (κ1) is 31.3. The maximum atomic E-state index is 9.75. The van der Waals surface area contributed by atoms with Crippen LogP contribution in [-0.4, -0.2) is 47.1 Å². The molecular formula is C25H21ClO6P2Sn2. The summed E-state index contributed by atoms with van der Waals surface area (Å²) < 4.78 is 25.6. The monoisotopic (exact) mass is 754 g/mol. The summed E-state index contributed by atoms with van der Waals surface area (Å²) in [7, 11) is -11.0. The van der Waals surface area contributed by atoms with Gasteiger partial charge in [0.05, 0.1) is 4.86 Å². The number of hydrogen-bond donors (Lipinski definition) is 0. The maximum absolute atomic E-state index is 9.75. The summed E-state index contributed by atoms with van der Waals surface area (Å²) in [5.74, 6) is 0. The standard InChI is InChI=1S/4C6H5.CH5ClO6P2.2Sn/c4*1-2-4-6-5-3-1;2-1(9(3,4)5)10(6,7)8;;/h4*1-5H;1H,(H2,3,4,5)(H2,6,7,8);;/q;;;;;2*+2/p-4. The fraction of sp³-hybridized carbons (Fsp3) is 0.0400. The van der Waals surface area contributed by atoms with Crippen LogP contribution in [0.3, 0.4) is 0 Å². The van der Waals surface area contributed by atoms with Crippen molar-refractivity contribution in [3.8, 4) is 0 Å². The van der Waals surface area contributed by atoms with Crippen molar-refractivity contribution in [3.63, 3.8) is 0 Å². The molecule has 0 radical (unpaired) electrons. The first-order chi connectivity index (χ1) is 17.1. The molecule has 0 aliphatic heterocycles. The summed E-state index contributed by atoms with van der Waals surface area (Å²) in [4.78, 5) is 36.1. The van der Waals surface area contributed by atoms with Gasteiger partial charge in [0.25, 0.3) is 0 Å². The molecule has 4 aromatic rings. The second kappa shape index (κ2) is 16.1. The van der Waals surface area contributed by atoms with Crippen LogP contribution >= 0.6 is 26.8 Å². The van der Waals surface area contributed by atoms with E-state index in [1.165, 1.54) is 14.3 Å². The zero-order chi connectivity index (χ0) is 26.4. The fourth-order valence-corrected chi connectivity index (χ4v) is 9.98. The predicted molar refractivity (Wildman–Crippen MR) is 141 cm³/mol. The van der Waals surface area contributed by atoms with Gasteiger partial charge in [-0.05, 0) is 15.2 Å². The SMILES string of the molecule is O=P([O-])([O-])C(Cl)P(=O)([O-])[O-].c1cc[c]([Sn+2][c]2ccccc2)cc1.c1cc[c]([Sn+2][c]2ccccc2)cc1. The van der Waals surface area contributed by atoms with Crippen molar-refractivity contribution < 1.29 is 28.7 Å². The van der Waals surface area contributed by atoms with E-state index in [-0.39, 0.29) is 0 Å². The van der Waals surface area contributed by atoms with E-state index in [1.807, 2.05) is 0 Å². The van der Waals surface area contributed by atoms with E-state index < -0.39 is 62.3 Å². The van der Waals surface area contributed by atoms with Crippen LogP contribution in [0.1, 0.15) is 0 Å². The molecule has 0 saturated heterocycles. The third-order valence-corrected chi connectivity index (χ3v) is 15.5. The van der Waals surface area contributed by atoms with Crippen molar-refractivity contribution in [2.75, 3.05) is 0 Å². The molecule has 0 bridgehead atoms. The molecule has 36 heavy (non-hydrogen) atoms. The van der Waals surface area contributed by atoms with Gasteiger partial charge in [-0.3, -0.25) is 0 Å². The summed E-state index contributed by atoms with van der Waals surface area (Å²) in [5.41, 5.74) is 0. The van der Waals surface area contributed by atoms with Crippen molar-refractivity contribution in [1.29, 1.82) is 0 Å². The Morgan fingerprint density at radius 2 is 0.667 bits per heavy atom. The van der Waals surface area contributed by atoms with Crippen LogP contribution in [0.25, 0.3) is 0 Å². The van der Waals surface area contributed by atoms with Crippen LogP contribution in [0.15, 0.2) is 121 Å². The third kappa shape index (κ3) is 13.0. The van der Waals surface area contributed by atoms with Gasteiger partial charge in [-0.2, -0.15) is 0 Å². The van der Waals surface area contributed by atoms with Crippen molar-refractivity contribution in [2.24, 2.45) is 0 Å². The molecule has 11 heteroatoms. The number of halogens is 1. The van der Waals surface area contributed by atoms with Gasteiger partial charge in [-0.15, -0.1) is 11.6 Å². The van der Waals surface area contributed by atoms with E-state index in [2.05, 4.69) is 133 Å². The van der Waals surface area contributed by atoms with Gasteiger partial charge >= 0.3 is 178 Å². The molecule has 0 unspecified atom stereocenters. The first-order valence-electron chi connectivity index (χ1n) is 10.5. The number of benzene rings is 4. The van der Waals surface area contributed by atoms with Gasteiger partial charge < -0.3 is 28.7 Å². The van der Waals surface area contributed by atoms with Crippen LogP contribution in [0.4, 0.5) is 0 Å². The molecule has 6 nitrogen and oxygen atoms in total. The van der Waals surface area contributed by atoms with Crippen molar-refractivity contribution in [1.82, 2.24) is 0 Å². The van der Waals surface area contributed by atoms with Crippen molar-refractivity contribution in [2.45, 2.75) is 4.86 Å². The Hall–Kier alpha value is -0.933. The van der Waals surface area contributed by atoms with Crippen LogP contribution in [0, 0.1) is 0 Å². The van der Waals surface area contributed by atoms with Gasteiger partial charge in [0.1, 0.15) is 0 Å². The second-order valence-corrected chi connectivity index (χ2v) is 19.8. The summed E-state index contributed by atoms with van der Waals surface area (Å²) >= 11 is 3.42. The molecule has 0 aliphatic rings. The Morgan fingerprint density at radius 1 is 0.472 bits per heavy atom. The van der Waals surface area contributed by atoms with E-state index in [9.17, 15) is 28.7 Å². The van der Waals surface area contributed by atoms with Crippen LogP contribution in [0.2, 0.25) is 0 Å². The van der Waals surface area contributed by atoms with Crippen LogP contribution < -0.4 is 33.9 Å². The average molecular weight is 752 g/mol. The topological polar surface area (TPSA) is 126 Å². The van der Waals surface area contributed by atoms with Gasteiger partial charge in [0.15, 0.2) is 0 Å². The Labute approximate surface area is 236 Å². The van der Waals surface area contributed by atoms with Crippen LogP contribution in [-0.2, 0) is 9.13 Å². The quantitative estimate of drug-likeness (QED) is 0.156. The first-order valence-corrected chi connectivity index (χ1v) is 19.8. The molecule has 0 fully saturated rings. The minimum absolute atomic E-state index is 0.517. The number of hydrogen-bond acceptors (Lipinski definition) is 6. The van der Waals surface area contributed by atoms with E-state index in [4.69, 9.17) is 0 Å². The number of alkyl halides is 1. The Balaban J connectivity index is 0.000000193. The van der Waals surface area contributed by atoms with Crippen molar-refractivity contribution >= 4 is 83.4 Å². The second-order valence-electron chi connectivity index (χ2n) is 7.10. The number of rotatable bonds is 6. The zero-order valence-corrected chi connectivity index (χ0v) is 27.1. The Kier molecular flexibility index (Phi) is 14.0. The van der Waals surface area contributed by atoms with E-state index in [1.54, 1.807) is 0 Å². The predicted octanol–water partition coefficient (Wildman–Crippen LogP) is 0.0194. The van der Waals surface area contributed by atoms with Gasteiger partial charge in [-0.25, -0.2) is 0 Å².